The maximum absolute atomic E-state index is 12.2. The number of pyridine rings is 1. The van der Waals surface area contributed by atoms with Crippen LogP contribution in [0.4, 0.5) is 5.69 Å². The fourth-order valence-electron chi connectivity index (χ4n) is 4.53. The van der Waals surface area contributed by atoms with Crippen molar-refractivity contribution < 1.29 is 9.53 Å². The summed E-state index contributed by atoms with van der Waals surface area (Å²) in [5.74, 6) is 0.126. The second kappa shape index (κ2) is 6.88. The Hall–Kier alpha value is -3.42. The van der Waals surface area contributed by atoms with Gasteiger partial charge in [0.2, 0.25) is 0 Å². The molecule has 0 amide bonds. The van der Waals surface area contributed by atoms with E-state index in [9.17, 15) is 9.59 Å². The minimum Gasteiger partial charge on any atom is -0.464 e. The molecule has 2 aliphatic rings. The van der Waals surface area contributed by atoms with E-state index in [0.29, 0.717) is 30.4 Å². The molecule has 5 rings (SSSR count). The van der Waals surface area contributed by atoms with Crippen molar-refractivity contribution in [2.24, 2.45) is 16.3 Å². The molecule has 2 aromatic heterocycles. The fraction of sp³-hybridized carbons (Fsp3) is 0.333. The van der Waals surface area contributed by atoms with Gasteiger partial charge in [0.25, 0.3) is 5.56 Å². The normalized spacial score (nSPS) is 20.8. The van der Waals surface area contributed by atoms with Gasteiger partial charge >= 0.3 is 5.97 Å². The summed E-state index contributed by atoms with van der Waals surface area (Å²) in [6.45, 7) is 2.13. The van der Waals surface area contributed by atoms with Crippen LogP contribution < -0.4 is 5.56 Å². The number of nitrogens with one attached hydrogen (secondary N) is 1. The first-order chi connectivity index (χ1) is 14.1. The van der Waals surface area contributed by atoms with Crippen molar-refractivity contribution in [1.82, 2.24) is 14.6 Å². The van der Waals surface area contributed by atoms with Crippen LogP contribution >= 0.6 is 0 Å². The summed E-state index contributed by atoms with van der Waals surface area (Å²) in [5, 5.41) is 11.7. The number of aromatic nitrogens is 2. The standard InChI is InChI=1S/C21H21N5O3/c1-29-21(28)20-19(15-5-2-3-6-16(15)22-20)23-24-25-10-13-9-14(12-25)17-7-4-8-18(27)26(17)11-13/h2-8,13-14,22H,9-12H2,1H3/t13-,14-/m1/s1. The van der Waals surface area contributed by atoms with E-state index in [1.54, 1.807) is 6.07 Å². The van der Waals surface area contributed by atoms with E-state index in [1.165, 1.54) is 7.11 Å². The van der Waals surface area contributed by atoms with Crippen LogP contribution in [0.5, 0.6) is 0 Å². The number of methoxy groups -OCH3 is 1. The first-order valence-corrected chi connectivity index (χ1v) is 9.69. The summed E-state index contributed by atoms with van der Waals surface area (Å²) in [4.78, 5) is 27.4. The number of carbonyl (C=O) groups excluding carboxylic acids is 1. The van der Waals surface area contributed by atoms with Gasteiger partial charge in [0.15, 0.2) is 5.69 Å². The molecule has 8 heteroatoms. The number of benzene rings is 1. The van der Waals surface area contributed by atoms with Crippen LogP contribution in [-0.4, -0.2) is 40.7 Å². The molecule has 0 unspecified atom stereocenters. The van der Waals surface area contributed by atoms with Crippen LogP contribution in [0.15, 0.2) is 57.6 Å². The zero-order valence-corrected chi connectivity index (χ0v) is 16.0. The molecule has 148 valence electrons. The zero-order chi connectivity index (χ0) is 20.0. The van der Waals surface area contributed by atoms with Crippen LogP contribution in [0.1, 0.15) is 28.5 Å². The number of esters is 1. The fourth-order valence-corrected chi connectivity index (χ4v) is 4.53. The van der Waals surface area contributed by atoms with Gasteiger partial charge < -0.3 is 14.3 Å². The predicted molar refractivity (Wildman–Crippen MR) is 107 cm³/mol. The number of piperidine rings is 1. The van der Waals surface area contributed by atoms with Crippen LogP contribution in [0.3, 0.4) is 0 Å². The quantitative estimate of drug-likeness (QED) is 0.548. The third-order valence-corrected chi connectivity index (χ3v) is 5.80. The number of H-pyrrole nitrogens is 1. The van der Waals surface area contributed by atoms with Gasteiger partial charge in [-0.3, -0.25) is 9.80 Å². The Balaban J connectivity index is 1.46. The van der Waals surface area contributed by atoms with Gasteiger partial charge in [-0.15, -0.1) is 5.11 Å². The number of rotatable bonds is 3. The maximum Gasteiger partial charge on any atom is 0.356 e. The predicted octanol–water partition coefficient (Wildman–Crippen LogP) is 3.23. The summed E-state index contributed by atoms with van der Waals surface area (Å²) in [5.41, 5.74) is 2.72. The molecule has 4 heterocycles. The number of hydrogen-bond donors (Lipinski definition) is 1. The monoisotopic (exact) mass is 391 g/mol. The molecule has 8 nitrogen and oxygen atoms in total. The van der Waals surface area contributed by atoms with Crippen LogP contribution in [0, 0.1) is 5.92 Å². The summed E-state index contributed by atoms with van der Waals surface area (Å²) in [7, 11) is 1.35. The second-order valence-electron chi connectivity index (χ2n) is 7.64. The lowest BCUT2D eigenvalue weighted by Gasteiger charge is -2.40. The van der Waals surface area contributed by atoms with E-state index in [-0.39, 0.29) is 11.5 Å². The van der Waals surface area contributed by atoms with Crippen LogP contribution in [0.2, 0.25) is 0 Å². The topological polar surface area (TPSA) is 92.1 Å². The number of nitrogens with zero attached hydrogens (tertiary/aromatic N) is 4. The minimum atomic E-state index is -0.473. The molecule has 0 spiro atoms. The van der Waals surface area contributed by atoms with Gasteiger partial charge in [-0.25, -0.2) is 4.79 Å². The van der Waals surface area contributed by atoms with E-state index >= 15 is 0 Å². The van der Waals surface area contributed by atoms with Gasteiger partial charge in [-0.05, 0) is 24.5 Å². The third-order valence-electron chi connectivity index (χ3n) is 5.80. The minimum absolute atomic E-state index is 0.0637. The Morgan fingerprint density at radius 1 is 1.14 bits per heavy atom. The highest BCUT2D eigenvalue weighted by Crippen LogP contribution is 2.36. The number of carbonyl (C=O) groups is 1. The van der Waals surface area contributed by atoms with E-state index in [4.69, 9.17) is 4.74 Å². The van der Waals surface area contributed by atoms with Gasteiger partial charge in [-0.1, -0.05) is 29.5 Å². The van der Waals surface area contributed by atoms with Crippen LogP contribution in [-0.2, 0) is 11.3 Å². The Labute approximate surface area is 166 Å². The first-order valence-electron chi connectivity index (χ1n) is 9.69. The molecular formula is C21H21N5O3. The smallest absolute Gasteiger partial charge is 0.356 e. The molecule has 2 aliphatic heterocycles. The molecule has 29 heavy (non-hydrogen) atoms. The van der Waals surface area contributed by atoms with Gasteiger partial charge in [0.1, 0.15) is 5.69 Å². The maximum atomic E-state index is 12.2. The van der Waals surface area contributed by atoms with E-state index in [2.05, 4.69) is 15.3 Å². The molecule has 0 radical (unpaired) electrons. The molecule has 3 aromatic rings. The number of ether oxygens (including phenoxy) is 1. The van der Waals surface area contributed by atoms with Gasteiger partial charge in [0.05, 0.1) is 7.11 Å². The molecular weight excluding hydrogens is 370 g/mol. The zero-order valence-electron chi connectivity index (χ0n) is 16.0. The molecule has 0 aliphatic carbocycles. The molecule has 2 bridgehead atoms. The molecule has 1 aromatic carbocycles. The summed E-state index contributed by atoms with van der Waals surface area (Å²) in [6, 6.07) is 13.1. The van der Waals surface area contributed by atoms with Crippen molar-refractivity contribution in [3.63, 3.8) is 0 Å². The second-order valence-corrected chi connectivity index (χ2v) is 7.64. The van der Waals surface area contributed by atoms with Gasteiger partial charge in [-0.2, -0.15) is 0 Å². The Kier molecular flexibility index (Phi) is 4.19. The average Bonchev–Trinajstić information content (AvgIpc) is 3.11. The van der Waals surface area contributed by atoms with Crippen molar-refractivity contribution >= 4 is 22.6 Å². The van der Waals surface area contributed by atoms with E-state index in [1.807, 2.05) is 46.0 Å². The SMILES string of the molecule is COC(=O)c1[nH]c2ccccc2c1N=NN1C[C@H]2C[C@H](C1)c1cccc(=O)n1C2. The highest BCUT2D eigenvalue weighted by atomic mass is 16.5. The van der Waals surface area contributed by atoms with Crippen molar-refractivity contribution in [1.29, 1.82) is 0 Å². The molecule has 0 saturated carbocycles. The molecule has 1 saturated heterocycles. The highest BCUT2D eigenvalue weighted by Gasteiger charge is 2.34. The average molecular weight is 391 g/mol. The van der Waals surface area contributed by atoms with E-state index in [0.717, 1.165) is 29.6 Å². The number of hydrogen-bond acceptors (Lipinski definition) is 5. The third kappa shape index (κ3) is 3.00. The van der Waals surface area contributed by atoms with Gasteiger partial charge in [0, 0.05) is 48.2 Å². The van der Waals surface area contributed by atoms with Crippen molar-refractivity contribution in [3.8, 4) is 0 Å². The first kappa shape index (κ1) is 17.7. The number of aromatic amines is 1. The Morgan fingerprint density at radius 2 is 2.00 bits per heavy atom. The molecule has 1 N–H and O–H groups in total. The summed E-state index contributed by atoms with van der Waals surface area (Å²) in [6.07, 6.45) is 1.05. The summed E-state index contributed by atoms with van der Waals surface area (Å²) < 4.78 is 6.78. The molecule has 1 fully saturated rings. The van der Waals surface area contributed by atoms with Crippen molar-refractivity contribution in [2.45, 2.75) is 18.9 Å². The number of para-hydroxylation sites is 1. The highest BCUT2D eigenvalue weighted by molar-refractivity contribution is 6.04. The van der Waals surface area contributed by atoms with E-state index < -0.39 is 5.97 Å². The molecule has 2 atom stereocenters. The lowest BCUT2D eigenvalue weighted by Crippen LogP contribution is -2.45. The van der Waals surface area contributed by atoms with Crippen molar-refractivity contribution in [3.05, 3.63) is 64.2 Å². The largest absolute Gasteiger partial charge is 0.464 e. The Morgan fingerprint density at radius 3 is 2.86 bits per heavy atom. The number of fused-ring (bicyclic) bond motifs is 5. The lowest BCUT2D eigenvalue weighted by molar-refractivity contribution is 0.0595. The Bertz CT molecular complexity index is 1180. The van der Waals surface area contributed by atoms with Crippen LogP contribution in [0.25, 0.3) is 10.9 Å². The van der Waals surface area contributed by atoms with Crippen molar-refractivity contribution in [2.75, 3.05) is 20.2 Å². The lowest BCUT2D eigenvalue weighted by atomic mass is 9.84. The summed E-state index contributed by atoms with van der Waals surface area (Å²) >= 11 is 0.